The topological polar surface area (TPSA) is 59.1 Å². The van der Waals surface area contributed by atoms with Crippen LogP contribution in [0.2, 0.25) is 0 Å². The zero-order valence-electron chi connectivity index (χ0n) is 7.09. The Balaban J connectivity index is 3.25. The highest BCUT2D eigenvalue weighted by Crippen LogP contribution is 2.25. The van der Waals surface area contributed by atoms with Crippen LogP contribution in [0.25, 0.3) is 0 Å². The van der Waals surface area contributed by atoms with Crippen LogP contribution in [-0.4, -0.2) is 10.1 Å². The number of hydrogen-bond acceptors (Lipinski definition) is 3. The number of hydrogen-bond donors (Lipinski definition) is 2. The molecule has 0 aliphatic carbocycles. The minimum absolute atomic E-state index is 0.00722. The molecule has 1 rings (SSSR count). The van der Waals surface area contributed by atoms with E-state index >= 15 is 0 Å². The van der Waals surface area contributed by atoms with Crippen LogP contribution >= 0.6 is 0 Å². The molecule has 0 atom stereocenters. The van der Waals surface area contributed by atoms with Crippen molar-refractivity contribution in [3.8, 4) is 0 Å². The van der Waals surface area contributed by atoms with Crippen molar-refractivity contribution in [3.63, 3.8) is 0 Å². The number of aryl methyl sites for hydroxylation is 1. The number of aliphatic hydroxyl groups excluding tert-OH is 1. The predicted molar refractivity (Wildman–Crippen MR) is 44.3 cm³/mol. The fourth-order valence-corrected chi connectivity index (χ4v) is 1.02. The molecule has 0 aliphatic rings. The summed E-state index contributed by atoms with van der Waals surface area (Å²) in [7, 11) is 0. The van der Waals surface area contributed by atoms with E-state index in [0.29, 0.717) is 5.56 Å². The summed E-state index contributed by atoms with van der Waals surface area (Å²) < 4.78 is 24.6. The fraction of sp³-hybridized carbons (Fsp3) is 0.375. The summed E-state index contributed by atoms with van der Waals surface area (Å²) in [6.07, 6.45) is -2.70. The van der Waals surface area contributed by atoms with Gasteiger partial charge in [-0.3, -0.25) is 0 Å². The van der Waals surface area contributed by atoms with E-state index in [1.54, 1.807) is 6.92 Å². The van der Waals surface area contributed by atoms with Gasteiger partial charge in [0, 0.05) is 0 Å². The van der Waals surface area contributed by atoms with Gasteiger partial charge in [0.15, 0.2) is 0 Å². The molecule has 3 N–H and O–H groups in total. The number of nitrogen functional groups attached to an aromatic ring is 1. The van der Waals surface area contributed by atoms with Crippen LogP contribution in [-0.2, 0) is 6.61 Å². The Bertz CT molecular complexity index is 315. The van der Waals surface area contributed by atoms with Crippen molar-refractivity contribution >= 4 is 5.69 Å². The second-order valence-corrected chi connectivity index (χ2v) is 2.69. The zero-order valence-corrected chi connectivity index (χ0v) is 7.09. The van der Waals surface area contributed by atoms with Gasteiger partial charge in [-0.15, -0.1) is 0 Å². The van der Waals surface area contributed by atoms with Crippen molar-refractivity contribution in [2.24, 2.45) is 0 Å². The van der Waals surface area contributed by atoms with E-state index < -0.39 is 12.1 Å². The van der Waals surface area contributed by atoms with E-state index in [1.165, 1.54) is 6.07 Å². The molecule has 3 nitrogen and oxygen atoms in total. The molecule has 0 saturated heterocycles. The Morgan fingerprint density at radius 2 is 2.23 bits per heavy atom. The largest absolute Gasteiger partial charge is 0.397 e. The van der Waals surface area contributed by atoms with E-state index in [4.69, 9.17) is 10.8 Å². The van der Waals surface area contributed by atoms with Crippen LogP contribution in [0.5, 0.6) is 0 Å². The number of halogens is 2. The maximum Gasteiger partial charge on any atom is 0.282 e. The van der Waals surface area contributed by atoms with Gasteiger partial charge >= 0.3 is 0 Å². The van der Waals surface area contributed by atoms with Crippen molar-refractivity contribution in [3.05, 3.63) is 23.0 Å². The molecule has 5 heteroatoms. The monoisotopic (exact) mass is 188 g/mol. The lowest BCUT2D eigenvalue weighted by molar-refractivity contribution is 0.146. The molecule has 1 aromatic rings. The molecule has 0 radical (unpaired) electrons. The van der Waals surface area contributed by atoms with E-state index in [9.17, 15) is 8.78 Å². The quantitative estimate of drug-likeness (QED) is 0.737. The van der Waals surface area contributed by atoms with Crippen molar-refractivity contribution in [1.29, 1.82) is 0 Å². The van der Waals surface area contributed by atoms with Crippen LogP contribution < -0.4 is 5.73 Å². The maximum atomic E-state index is 12.3. The summed E-state index contributed by atoms with van der Waals surface area (Å²) in [4.78, 5) is 3.53. The molecule has 0 amide bonds. The lowest BCUT2D eigenvalue weighted by atomic mass is 10.1. The molecule has 1 heterocycles. The van der Waals surface area contributed by atoms with Crippen molar-refractivity contribution in [2.45, 2.75) is 20.0 Å². The summed E-state index contributed by atoms with van der Waals surface area (Å²) in [5.41, 5.74) is 5.64. The van der Waals surface area contributed by atoms with Crippen molar-refractivity contribution in [2.75, 3.05) is 5.73 Å². The first kappa shape index (κ1) is 9.85. The van der Waals surface area contributed by atoms with E-state index in [-0.39, 0.29) is 18.0 Å². The number of anilines is 1. The molecule has 0 aliphatic heterocycles. The first-order chi connectivity index (χ1) is 6.06. The van der Waals surface area contributed by atoms with Crippen LogP contribution in [0.15, 0.2) is 6.07 Å². The van der Waals surface area contributed by atoms with Crippen LogP contribution in [0.4, 0.5) is 14.5 Å². The number of rotatable bonds is 2. The summed E-state index contributed by atoms with van der Waals surface area (Å²) in [5.74, 6) is 0. The highest BCUT2D eigenvalue weighted by molar-refractivity contribution is 5.51. The number of nitrogens with zero attached hydrogens (tertiary/aromatic N) is 1. The number of alkyl halides is 2. The fourth-order valence-electron chi connectivity index (χ4n) is 1.02. The average Bonchev–Trinajstić information content (AvgIpc) is 2.09. The number of aliphatic hydroxyl groups is 1. The summed E-state index contributed by atoms with van der Waals surface area (Å²) in [6, 6.07) is 1.49. The molecular formula is C8H10F2N2O. The second-order valence-electron chi connectivity index (χ2n) is 2.69. The van der Waals surface area contributed by atoms with E-state index in [1.807, 2.05) is 0 Å². The van der Waals surface area contributed by atoms with E-state index in [2.05, 4.69) is 4.98 Å². The van der Waals surface area contributed by atoms with Crippen LogP contribution in [0.3, 0.4) is 0 Å². The standard InChI is InChI=1S/C8H10F2N2O/c1-4-2-5(3-13)12-7(6(4)11)8(9)10/h2,8,13H,3,11H2,1H3. The lowest BCUT2D eigenvalue weighted by Crippen LogP contribution is -2.04. The Kier molecular flexibility index (Phi) is 2.77. The molecule has 0 spiro atoms. The molecule has 72 valence electrons. The highest BCUT2D eigenvalue weighted by atomic mass is 19.3. The van der Waals surface area contributed by atoms with Gasteiger partial charge in [-0.1, -0.05) is 0 Å². The third-order valence-electron chi connectivity index (χ3n) is 1.72. The molecule has 1 aromatic heterocycles. The van der Waals surface area contributed by atoms with Gasteiger partial charge in [0.1, 0.15) is 5.69 Å². The lowest BCUT2D eigenvalue weighted by Gasteiger charge is -2.08. The molecule has 0 aromatic carbocycles. The van der Waals surface area contributed by atoms with Gasteiger partial charge in [0.25, 0.3) is 6.43 Å². The molecule has 0 bridgehead atoms. The van der Waals surface area contributed by atoms with Crippen LogP contribution in [0.1, 0.15) is 23.4 Å². The van der Waals surface area contributed by atoms with Crippen molar-refractivity contribution < 1.29 is 13.9 Å². The summed E-state index contributed by atoms with van der Waals surface area (Å²) >= 11 is 0. The first-order valence-electron chi connectivity index (χ1n) is 3.71. The summed E-state index contributed by atoms with van der Waals surface area (Å²) in [6.45, 7) is 1.24. The van der Waals surface area contributed by atoms with Crippen LogP contribution in [0, 0.1) is 6.92 Å². The second kappa shape index (κ2) is 3.66. The third kappa shape index (κ3) is 1.92. The average molecular weight is 188 g/mol. The van der Waals surface area contributed by atoms with Gasteiger partial charge in [-0.25, -0.2) is 13.8 Å². The minimum Gasteiger partial charge on any atom is -0.397 e. The number of pyridine rings is 1. The van der Waals surface area contributed by atoms with Crippen molar-refractivity contribution in [1.82, 2.24) is 4.98 Å². The maximum absolute atomic E-state index is 12.3. The number of nitrogens with two attached hydrogens (primary N) is 1. The minimum atomic E-state index is -2.70. The molecule has 0 fully saturated rings. The van der Waals surface area contributed by atoms with E-state index in [0.717, 1.165) is 0 Å². The molecule has 0 unspecified atom stereocenters. The first-order valence-corrected chi connectivity index (χ1v) is 3.71. The Hall–Kier alpha value is -1.23. The zero-order chi connectivity index (χ0) is 10.0. The van der Waals surface area contributed by atoms with Gasteiger partial charge in [0.2, 0.25) is 0 Å². The smallest absolute Gasteiger partial charge is 0.282 e. The molecular weight excluding hydrogens is 178 g/mol. The molecule has 0 saturated carbocycles. The highest BCUT2D eigenvalue weighted by Gasteiger charge is 2.15. The SMILES string of the molecule is Cc1cc(CO)nc(C(F)F)c1N. The van der Waals surface area contributed by atoms with Gasteiger partial charge in [-0.2, -0.15) is 0 Å². The summed E-state index contributed by atoms with van der Waals surface area (Å²) in [5, 5.41) is 8.71. The Morgan fingerprint density at radius 3 is 2.69 bits per heavy atom. The number of aromatic nitrogens is 1. The van der Waals surface area contributed by atoms with Gasteiger partial charge in [0.05, 0.1) is 18.0 Å². The Morgan fingerprint density at radius 1 is 1.62 bits per heavy atom. The Labute approximate surface area is 74.2 Å². The normalized spacial score (nSPS) is 10.8. The molecule has 13 heavy (non-hydrogen) atoms. The van der Waals surface area contributed by atoms with Gasteiger partial charge in [-0.05, 0) is 18.6 Å². The third-order valence-corrected chi connectivity index (χ3v) is 1.72. The predicted octanol–water partition coefficient (Wildman–Crippen LogP) is 1.40. The van der Waals surface area contributed by atoms with Gasteiger partial charge < -0.3 is 10.8 Å².